The SMILES string of the molecule is CNc1nccc(-c2cccnc2Oc2c(C)ccc3c(Nc4cccc(OC(F)(F)F)c4)nccc23)n1. The van der Waals surface area contributed by atoms with Crippen LogP contribution in [0, 0.1) is 6.92 Å². The molecule has 3 heterocycles. The summed E-state index contributed by atoms with van der Waals surface area (Å²) in [6.07, 6.45) is 0.0806. The van der Waals surface area contributed by atoms with Crippen molar-refractivity contribution in [3.05, 3.63) is 84.8 Å². The Kier molecular flexibility index (Phi) is 6.65. The molecular formula is C27H21F3N6O2. The second-order valence-corrected chi connectivity index (χ2v) is 8.14. The molecule has 0 aliphatic carbocycles. The first-order valence-electron chi connectivity index (χ1n) is 11.5. The Labute approximate surface area is 215 Å². The Morgan fingerprint density at radius 2 is 1.68 bits per heavy atom. The largest absolute Gasteiger partial charge is 0.573 e. The molecule has 0 bridgehead atoms. The van der Waals surface area contributed by atoms with Gasteiger partial charge in [0.2, 0.25) is 11.8 Å². The van der Waals surface area contributed by atoms with E-state index in [9.17, 15) is 13.2 Å². The number of nitrogens with zero attached hydrogens (tertiary/aromatic N) is 4. The number of benzene rings is 2. The molecular weight excluding hydrogens is 497 g/mol. The van der Waals surface area contributed by atoms with Crippen LogP contribution in [0.15, 0.2) is 79.3 Å². The molecule has 0 saturated heterocycles. The summed E-state index contributed by atoms with van der Waals surface area (Å²) in [7, 11) is 1.73. The lowest BCUT2D eigenvalue weighted by Crippen LogP contribution is -2.17. The van der Waals surface area contributed by atoms with E-state index in [4.69, 9.17) is 4.74 Å². The monoisotopic (exact) mass is 518 g/mol. The third-order valence-corrected chi connectivity index (χ3v) is 5.55. The molecule has 2 N–H and O–H groups in total. The van der Waals surface area contributed by atoms with Gasteiger partial charge in [-0.3, -0.25) is 0 Å². The second kappa shape index (κ2) is 10.2. The predicted octanol–water partition coefficient (Wildman–Crippen LogP) is 6.87. The fraction of sp³-hybridized carbons (Fsp3) is 0.111. The van der Waals surface area contributed by atoms with Gasteiger partial charge >= 0.3 is 6.36 Å². The molecule has 3 aromatic heterocycles. The number of alkyl halides is 3. The van der Waals surface area contributed by atoms with Gasteiger partial charge in [-0.25, -0.2) is 19.9 Å². The van der Waals surface area contributed by atoms with Crippen molar-refractivity contribution in [3.63, 3.8) is 0 Å². The molecule has 0 fully saturated rings. The van der Waals surface area contributed by atoms with Crippen molar-refractivity contribution >= 4 is 28.2 Å². The Bertz CT molecular complexity index is 1610. The van der Waals surface area contributed by atoms with Crippen molar-refractivity contribution in [2.75, 3.05) is 17.7 Å². The van der Waals surface area contributed by atoms with Crippen molar-refractivity contribution in [1.29, 1.82) is 0 Å². The molecule has 0 spiro atoms. The fourth-order valence-electron chi connectivity index (χ4n) is 3.87. The topological polar surface area (TPSA) is 94.1 Å². The summed E-state index contributed by atoms with van der Waals surface area (Å²) in [5.74, 6) is 1.48. The van der Waals surface area contributed by atoms with Crippen molar-refractivity contribution in [1.82, 2.24) is 19.9 Å². The van der Waals surface area contributed by atoms with Gasteiger partial charge in [0.1, 0.15) is 17.3 Å². The van der Waals surface area contributed by atoms with E-state index in [0.717, 1.165) is 10.9 Å². The van der Waals surface area contributed by atoms with Crippen LogP contribution < -0.4 is 20.1 Å². The van der Waals surface area contributed by atoms with Gasteiger partial charge in [-0.2, -0.15) is 0 Å². The van der Waals surface area contributed by atoms with Gasteiger partial charge in [-0.05, 0) is 48.9 Å². The Hall–Kier alpha value is -4.93. The average molecular weight is 518 g/mol. The van der Waals surface area contributed by atoms with Crippen LogP contribution in [0.5, 0.6) is 17.4 Å². The molecule has 5 aromatic rings. The van der Waals surface area contributed by atoms with Crippen molar-refractivity contribution in [2.45, 2.75) is 13.3 Å². The molecule has 38 heavy (non-hydrogen) atoms. The third-order valence-electron chi connectivity index (χ3n) is 5.55. The maximum atomic E-state index is 12.7. The van der Waals surface area contributed by atoms with Crippen LogP contribution in [-0.2, 0) is 0 Å². The van der Waals surface area contributed by atoms with Gasteiger partial charge in [0.15, 0.2) is 0 Å². The van der Waals surface area contributed by atoms with Crippen LogP contribution in [0.2, 0.25) is 0 Å². The number of rotatable bonds is 7. The first-order chi connectivity index (χ1) is 18.3. The van der Waals surface area contributed by atoms with Crippen LogP contribution in [0.1, 0.15) is 5.56 Å². The van der Waals surface area contributed by atoms with E-state index in [1.165, 1.54) is 18.2 Å². The van der Waals surface area contributed by atoms with Crippen molar-refractivity contribution < 1.29 is 22.6 Å². The van der Waals surface area contributed by atoms with Crippen LogP contribution in [0.4, 0.5) is 30.6 Å². The molecule has 0 amide bonds. The van der Waals surface area contributed by atoms with E-state index in [1.54, 1.807) is 49.9 Å². The summed E-state index contributed by atoms with van der Waals surface area (Å²) in [6.45, 7) is 1.91. The standard InChI is InChI=1S/C27H21F3N6O2/c1-16-8-9-20-19(10-13-32-24(20)35-17-5-3-6-18(15-17)38-27(28,29)30)23(16)37-25-21(7-4-12-33-25)22-11-14-34-26(31-2)36-22/h3-15H,1-2H3,(H,32,35)(H,31,34,36). The summed E-state index contributed by atoms with van der Waals surface area (Å²) in [4.78, 5) is 17.5. The average Bonchev–Trinajstić information content (AvgIpc) is 2.90. The normalized spacial score (nSPS) is 11.3. The molecule has 0 radical (unpaired) electrons. The van der Waals surface area contributed by atoms with Gasteiger partial charge in [-0.15, -0.1) is 13.2 Å². The number of hydrogen-bond donors (Lipinski definition) is 2. The van der Waals surface area contributed by atoms with Gasteiger partial charge in [-0.1, -0.05) is 18.2 Å². The molecule has 8 nitrogen and oxygen atoms in total. The minimum Gasteiger partial charge on any atom is -0.437 e. The highest BCUT2D eigenvalue weighted by Gasteiger charge is 2.31. The highest BCUT2D eigenvalue weighted by Crippen LogP contribution is 2.38. The van der Waals surface area contributed by atoms with Crippen molar-refractivity contribution in [3.8, 4) is 28.6 Å². The van der Waals surface area contributed by atoms with E-state index in [2.05, 4.69) is 35.3 Å². The number of aryl methyl sites for hydroxylation is 1. The van der Waals surface area contributed by atoms with E-state index < -0.39 is 6.36 Å². The Morgan fingerprint density at radius 3 is 2.50 bits per heavy atom. The molecule has 2 aromatic carbocycles. The highest BCUT2D eigenvalue weighted by molar-refractivity contribution is 5.98. The predicted molar refractivity (Wildman–Crippen MR) is 138 cm³/mol. The number of anilines is 3. The number of pyridine rings is 2. The lowest BCUT2D eigenvalue weighted by molar-refractivity contribution is -0.274. The zero-order valence-electron chi connectivity index (χ0n) is 20.2. The lowest BCUT2D eigenvalue weighted by atomic mass is 10.1. The fourth-order valence-corrected chi connectivity index (χ4v) is 3.87. The number of nitrogens with one attached hydrogen (secondary N) is 2. The van der Waals surface area contributed by atoms with Gasteiger partial charge < -0.3 is 20.1 Å². The molecule has 0 saturated carbocycles. The molecule has 0 aliphatic rings. The lowest BCUT2D eigenvalue weighted by Gasteiger charge is -2.16. The van der Waals surface area contributed by atoms with Crippen LogP contribution in [0.25, 0.3) is 22.0 Å². The quantitative estimate of drug-likeness (QED) is 0.241. The second-order valence-electron chi connectivity index (χ2n) is 8.14. The van der Waals surface area contributed by atoms with Crippen LogP contribution >= 0.6 is 0 Å². The van der Waals surface area contributed by atoms with E-state index in [-0.39, 0.29) is 5.75 Å². The molecule has 5 rings (SSSR count). The summed E-state index contributed by atoms with van der Waals surface area (Å²) in [6, 6.07) is 16.5. The zero-order chi connectivity index (χ0) is 26.7. The maximum Gasteiger partial charge on any atom is 0.573 e. The molecule has 0 unspecified atom stereocenters. The number of aromatic nitrogens is 4. The van der Waals surface area contributed by atoms with Crippen LogP contribution in [-0.4, -0.2) is 33.3 Å². The highest BCUT2D eigenvalue weighted by atomic mass is 19.4. The first-order valence-corrected chi connectivity index (χ1v) is 11.5. The maximum absolute atomic E-state index is 12.7. The molecule has 192 valence electrons. The number of ether oxygens (including phenoxy) is 2. The summed E-state index contributed by atoms with van der Waals surface area (Å²) in [5, 5.41) is 7.44. The van der Waals surface area contributed by atoms with Crippen molar-refractivity contribution in [2.24, 2.45) is 0 Å². The minimum atomic E-state index is -4.79. The molecule has 0 atom stereocenters. The van der Waals surface area contributed by atoms with Gasteiger partial charge in [0.05, 0.1) is 11.3 Å². The Morgan fingerprint density at radius 1 is 0.842 bits per heavy atom. The first kappa shape index (κ1) is 24.8. The van der Waals surface area contributed by atoms with Gasteiger partial charge in [0.25, 0.3) is 0 Å². The Balaban J connectivity index is 1.52. The van der Waals surface area contributed by atoms with E-state index in [1.807, 2.05) is 25.1 Å². The van der Waals surface area contributed by atoms with E-state index >= 15 is 0 Å². The van der Waals surface area contributed by atoms with Gasteiger partial charge in [0, 0.05) is 48.2 Å². The zero-order valence-corrected chi connectivity index (χ0v) is 20.2. The van der Waals surface area contributed by atoms with Crippen LogP contribution in [0.3, 0.4) is 0 Å². The number of fused-ring (bicyclic) bond motifs is 1. The summed E-state index contributed by atoms with van der Waals surface area (Å²) in [5.41, 5.74) is 2.54. The summed E-state index contributed by atoms with van der Waals surface area (Å²) < 4.78 is 48.4. The third kappa shape index (κ3) is 5.41. The molecule has 0 aliphatic heterocycles. The summed E-state index contributed by atoms with van der Waals surface area (Å²) >= 11 is 0. The van der Waals surface area contributed by atoms with E-state index in [0.29, 0.717) is 45.7 Å². The minimum absolute atomic E-state index is 0.337. The molecule has 11 heteroatoms. The smallest absolute Gasteiger partial charge is 0.437 e. The number of halogens is 3. The number of hydrogen-bond acceptors (Lipinski definition) is 8.